The summed E-state index contributed by atoms with van der Waals surface area (Å²) in [6.45, 7) is 0.763. The number of nitrogens with zero attached hydrogens (tertiary/aromatic N) is 2. The van der Waals surface area contributed by atoms with Crippen LogP contribution in [0.4, 0.5) is 0 Å². The van der Waals surface area contributed by atoms with Crippen LogP contribution in [0.5, 0.6) is 5.75 Å². The van der Waals surface area contributed by atoms with E-state index in [1.165, 1.54) is 5.56 Å². The van der Waals surface area contributed by atoms with Crippen molar-refractivity contribution in [2.45, 2.75) is 6.54 Å². The van der Waals surface area contributed by atoms with Crippen molar-refractivity contribution in [2.75, 3.05) is 7.05 Å². The third-order valence-corrected chi connectivity index (χ3v) is 4.65. The fraction of sp³-hybridized carbons (Fsp3) is 0.0909. The summed E-state index contributed by atoms with van der Waals surface area (Å²) in [5.41, 5.74) is 4.37. The Bertz CT molecular complexity index is 1070. The van der Waals surface area contributed by atoms with Crippen molar-refractivity contribution in [3.05, 3.63) is 84.4 Å². The van der Waals surface area contributed by atoms with Gasteiger partial charge in [-0.25, -0.2) is 4.98 Å². The zero-order valence-electron chi connectivity index (χ0n) is 14.9. The van der Waals surface area contributed by atoms with Crippen LogP contribution in [0.25, 0.3) is 22.4 Å². The minimum Gasteiger partial charge on any atom is -0.432 e. The van der Waals surface area contributed by atoms with Crippen molar-refractivity contribution in [1.29, 1.82) is 0 Å². The van der Waals surface area contributed by atoms with E-state index in [9.17, 15) is 0 Å². The average molecular weight is 373 g/mol. The minimum absolute atomic E-state index is 0.346. The Morgan fingerprint density at radius 3 is 2.41 bits per heavy atom. The van der Waals surface area contributed by atoms with Gasteiger partial charge in [0.15, 0.2) is 0 Å². The van der Waals surface area contributed by atoms with Crippen molar-refractivity contribution >= 4 is 28.4 Å². The minimum atomic E-state index is 0.346. The second-order valence-electron chi connectivity index (χ2n) is 6.16. The molecular formula is C22H19N3OS. The second kappa shape index (κ2) is 7.60. The Labute approximate surface area is 163 Å². The number of benzene rings is 3. The van der Waals surface area contributed by atoms with Gasteiger partial charge in [0.2, 0.25) is 0 Å². The molecule has 1 N–H and O–H groups in total. The maximum atomic E-state index is 5.53. The van der Waals surface area contributed by atoms with Crippen molar-refractivity contribution < 1.29 is 4.74 Å². The molecule has 3 aromatic carbocycles. The van der Waals surface area contributed by atoms with Gasteiger partial charge in [-0.15, -0.1) is 0 Å². The molecule has 0 saturated heterocycles. The molecule has 0 amide bonds. The smallest absolute Gasteiger partial charge is 0.261 e. The van der Waals surface area contributed by atoms with Crippen LogP contribution in [0.15, 0.2) is 78.9 Å². The van der Waals surface area contributed by atoms with E-state index >= 15 is 0 Å². The van der Waals surface area contributed by atoms with Crippen molar-refractivity contribution in [1.82, 2.24) is 14.9 Å². The number of fused-ring (bicyclic) bond motifs is 1. The molecule has 134 valence electrons. The lowest BCUT2D eigenvalue weighted by atomic mass is 10.2. The zero-order chi connectivity index (χ0) is 18.6. The maximum absolute atomic E-state index is 5.53. The topological polar surface area (TPSA) is 39.1 Å². The molecule has 4 aromatic rings. The molecule has 0 saturated carbocycles. The fourth-order valence-corrected chi connectivity index (χ4v) is 3.15. The largest absolute Gasteiger partial charge is 0.432 e. The number of hydrogen-bond donors (Lipinski definition) is 1. The van der Waals surface area contributed by atoms with E-state index in [1.807, 2.05) is 48.5 Å². The predicted molar refractivity (Wildman–Crippen MR) is 113 cm³/mol. The van der Waals surface area contributed by atoms with Crippen LogP contribution in [-0.4, -0.2) is 21.8 Å². The molecule has 0 fully saturated rings. The third-order valence-electron chi connectivity index (χ3n) is 4.37. The molecule has 27 heavy (non-hydrogen) atoms. The lowest BCUT2D eigenvalue weighted by molar-refractivity contribution is 0.542. The molecule has 0 atom stereocenters. The highest BCUT2D eigenvalue weighted by atomic mass is 32.1. The summed E-state index contributed by atoms with van der Waals surface area (Å²) in [4.78, 5) is 4.87. The van der Waals surface area contributed by atoms with Gasteiger partial charge in [-0.3, -0.25) is 0 Å². The van der Waals surface area contributed by atoms with E-state index in [2.05, 4.69) is 40.2 Å². The number of imidazole rings is 1. The molecule has 0 unspecified atom stereocenters. The van der Waals surface area contributed by atoms with E-state index in [0.29, 0.717) is 10.9 Å². The zero-order valence-corrected chi connectivity index (χ0v) is 15.7. The van der Waals surface area contributed by atoms with E-state index in [-0.39, 0.29) is 0 Å². The van der Waals surface area contributed by atoms with Gasteiger partial charge < -0.3 is 14.6 Å². The summed E-state index contributed by atoms with van der Waals surface area (Å²) in [5.74, 6) is 1.63. The van der Waals surface area contributed by atoms with Crippen LogP contribution in [0, 0.1) is 0 Å². The molecular weight excluding hydrogens is 354 g/mol. The Morgan fingerprint density at radius 1 is 0.963 bits per heavy atom. The van der Waals surface area contributed by atoms with Gasteiger partial charge >= 0.3 is 0 Å². The molecule has 5 heteroatoms. The standard InChI is InChI=1S/C22H19N3OS/c1-23-22(27)26-18-13-11-17(12-14-18)21-24-19-9-5-6-10-20(19)25(21)15-16-7-3-2-4-8-16/h2-14H,15H2,1H3,(H,23,27). The molecule has 0 spiro atoms. The Morgan fingerprint density at radius 2 is 1.67 bits per heavy atom. The summed E-state index contributed by atoms with van der Waals surface area (Å²) in [5, 5.41) is 3.15. The van der Waals surface area contributed by atoms with Gasteiger partial charge in [-0.1, -0.05) is 42.5 Å². The number of thiocarbonyl (C=S) groups is 1. The van der Waals surface area contributed by atoms with E-state index in [0.717, 1.165) is 29.0 Å². The number of hydrogen-bond acceptors (Lipinski definition) is 3. The number of ether oxygens (including phenoxy) is 1. The predicted octanol–water partition coefficient (Wildman–Crippen LogP) is 4.63. The number of aromatic nitrogens is 2. The fourth-order valence-electron chi connectivity index (χ4n) is 3.05. The highest BCUT2D eigenvalue weighted by Crippen LogP contribution is 2.27. The molecule has 1 aromatic heterocycles. The van der Waals surface area contributed by atoms with E-state index in [4.69, 9.17) is 21.9 Å². The van der Waals surface area contributed by atoms with Crippen molar-refractivity contribution in [3.63, 3.8) is 0 Å². The first kappa shape index (κ1) is 17.2. The van der Waals surface area contributed by atoms with Crippen LogP contribution in [0.2, 0.25) is 0 Å². The molecule has 0 aliphatic heterocycles. The summed E-state index contributed by atoms with van der Waals surface area (Å²) in [6, 6.07) is 26.5. The Kier molecular flexibility index (Phi) is 4.85. The Balaban J connectivity index is 1.74. The highest BCUT2D eigenvalue weighted by molar-refractivity contribution is 7.80. The first-order valence-corrected chi connectivity index (χ1v) is 9.14. The van der Waals surface area contributed by atoms with Gasteiger partial charge in [0.25, 0.3) is 5.17 Å². The first-order valence-electron chi connectivity index (χ1n) is 8.74. The van der Waals surface area contributed by atoms with Crippen LogP contribution in [0.1, 0.15) is 5.56 Å². The van der Waals surface area contributed by atoms with Crippen molar-refractivity contribution in [3.8, 4) is 17.1 Å². The second-order valence-corrected chi connectivity index (χ2v) is 6.53. The summed E-state index contributed by atoms with van der Waals surface area (Å²) in [6.07, 6.45) is 0. The van der Waals surface area contributed by atoms with Gasteiger partial charge in [-0.2, -0.15) is 0 Å². The van der Waals surface area contributed by atoms with Gasteiger partial charge in [-0.05, 0) is 54.2 Å². The summed E-state index contributed by atoms with van der Waals surface area (Å²) >= 11 is 5.05. The molecule has 0 radical (unpaired) electrons. The lowest BCUT2D eigenvalue weighted by Crippen LogP contribution is -2.21. The molecule has 1 heterocycles. The quantitative estimate of drug-likeness (QED) is 0.529. The average Bonchev–Trinajstić information content (AvgIpc) is 3.08. The number of para-hydroxylation sites is 2. The third kappa shape index (κ3) is 3.68. The molecule has 0 aliphatic rings. The summed E-state index contributed by atoms with van der Waals surface area (Å²) < 4.78 is 7.78. The molecule has 4 rings (SSSR count). The van der Waals surface area contributed by atoms with E-state index < -0.39 is 0 Å². The highest BCUT2D eigenvalue weighted by Gasteiger charge is 2.13. The van der Waals surface area contributed by atoms with E-state index in [1.54, 1.807) is 7.05 Å². The molecule has 0 aliphatic carbocycles. The number of rotatable bonds is 4. The summed E-state index contributed by atoms with van der Waals surface area (Å²) in [7, 11) is 1.74. The van der Waals surface area contributed by atoms with Gasteiger partial charge in [0.1, 0.15) is 11.6 Å². The maximum Gasteiger partial charge on any atom is 0.261 e. The molecule has 4 nitrogen and oxygen atoms in total. The van der Waals surface area contributed by atoms with Gasteiger partial charge in [0, 0.05) is 19.2 Å². The normalized spacial score (nSPS) is 10.7. The Hall–Kier alpha value is -3.18. The van der Waals surface area contributed by atoms with Gasteiger partial charge in [0.05, 0.1) is 11.0 Å². The monoisotopic (exact) mass is 373 g/mol. The van der Waals surface area contributed by atoms with Crippen LogP contribution >= 0.6 is 12.2 Å². The SMILES string of the molecule is CNC(=S)Oc1ccc(-c2nc3ccccc3n2Cc2ccccc2)cc1. The first-order chi connectivity index (χ1) is 13.2. The van der Waals surface area contributed by atoms with Crippen LogP contribution in [-0.2, 0) is 6.54 Å². The number of nitrogens with one attached hydrogen (secondary N) is 1. The molecule has 0 bridgehead atoms. The van der Waals surface area contributed by atoms with Crippen molar-refractivity contribution in [2.24, 2.45) is 0 Å². The van der Waals surface area contributed by atoms with Crippen LogP contribution in [0.3, 0.4) is 0 Å². The van der Waals surface area contributed by atoms with Crippen LogP contribution < -0.4 is 10.1 Å². The lowest BCUT2D eigenvalue weighted by Gasteiger charge is -2.11.